The molecule has 90 valence electrons. The van der Waals surface area contributed by atoms with Crippen LogP contribution in [0.25, 0.3) is 0 Å². The highest BCUT2D eigenvalue weighted by molar-refractivity contribution is 7.10. The molecule has 1 aromatic carbocycles. The van der Waals surface area contributed by atoms with Gasteiger partial charge in [-0.25, -0.2) is 0 Å². The van der Waals surface area contributed by atoms with Crippen LogP contribution in [0.1, 0.15) is 16.5 Å². The van der Waals surface area contributed by atoms with E-state index in [0.29, 0.717) is 6.54 Å². The van der Waals surface area contributed by atoms with Gasteiger partial charge in [0.25, 0.3) is 0 Å². The molecule has 1 atom stereocenters. The summed E-state index contributed by atoms with van der Waals surface area (Å²) in [7, 11) is 0. The molecule has 0 aliphatic heterocycles. The maximum Gasteiger partial charge on any atom is 0.0729 e. The minimum absolute atomic E-state index is 0.119. The van der Waals surface area contributed by atoms with Crippen molar-refractivity contribution >= 4 is 28.6 Å². The van der Waals surface area contributed by atoms with Gasteiger partial charge in [-0.15, -0.1) is 11.3 Å². The van der Waals surface area contributed by atoms with E-state index in [9.17, 15) is 0 Å². The summed E-state index contributed by atoms with van der Waals surface area (Å²) in [5.41, 5.74) is 8.15. The van der Waals surface area contributed by atoms with Crippen molar-refractivity contribution in [3.8, 4) is 0 Å². The predicted octanol–water partition coefficient (Wildman–Crippen LogP) is 3.82. The number of hydrogen-bond acceptors (Lipinski definition) is 3. The van der Waals surface area contributed by atoms with Gasteiger partial charge >= 0.3 is 0 Å². The monoisotopic (exact) mass is 266 g/mol. The molecule has 0 aliphatic rings. The Labute approximate surface area is 110 Å². The van der Waals surface area contributed by atoms with Crippen LogP contribution in [0.4, 0.5) is 5.69 Å². The van der Waals surface area contributed by atoms with Crippen molar-refractivity contribution in [2.45, 2.75) is 13.0 Å². The number of para-hydroxylation sites is 1. The van der Waals surface area contributed by atoms with Gasteiger partial charge < -0.3 is 11.1 Å². The molecule has 0 aliphatic carbocycles. The predicted molar refractivity (Wildman–Crippen MR) is 75.9 cm³/mol. The number of nitrogens with two attached hydrogens (primary N) is 1. The molecule has 2 rings (SSSR count). The third-order valence-electron chi connectivity index (χ3n) is 2.64. The topological polar surface area (TPSA) is 38.0 Å². The fraction of sp³-hybridized carbons (Fsp3) is 0.231. The molecule has 0 spiro atoms. The number of nitrogens with one attached hydrogen (secondary N) is 1. The number of benzene rings is 1. The molecule has 1 unspecified atom stereocenters. The average molecular weight is 267 g/mol. The summed E-state index contributed by atoms with van der Waals surface area (Å²) in [4.78, 5) is 1.17. The quantitative estimate of drug-likeness (QED) is 0.883. The molecule has 1 heterocycles. The van der Waals surface area contributed by atoms with E-state index in [-0.39, 0.29) is 6.04 Å². The fourth-order valence-electron chi connectivity index (χ4n) is 1.68. The molecule has 0 amide bonds. The molecule has 1 aromatic heterocycles. The average Bonchev–Trinajstić information content (AvgIpc) is 2.75. The van der Waals surface area contributed by atoms with E-state index in [1.165, 1.54) is 10.4 Å². The van der Waals surface area contributed by atoms with Crippen molar-refractivity contribution in [2.75, 3.05) is 11.9 Å². The highest BCUT2D eigenvalue weighted by Gasteiger charge is 2.12. The maximum atomic E-state index is 5.94. The normalized spacial score (nSPS) is 12.4. The van der Waals surface area contributed by atoms with Gasteiger partial charge in [-0.3, -0.25) is 0 Å². The first-order chi connectivity index (χ1) is 8.20. The number of rotatable bonds is 4. The van der Waals surface area contributed by atoms with Crippen LogP contribution in [-0.4, -0.2) is 6.54 Å². The van der Waals surface area contributed by atoms with Crippen molar-refractivity contribution in [3.05, 3.63) is 51.2 Å². The minimum Gasteiger partial charge on any atom is -0.376 e. The van der Waals surface area contributed by atoms with Gasteiger partial charge in [-0.1, -0.05) is 29.8 Å². The van der Waals surface area contributed by atoms with Gasteiger partial charge in [-0.2, -0.15) is 0 Å². The number of anilines is 1. The van der Waals surface area contributed by atoms with Crippen LogP contribution in [0.3, 0.4) is 0 Å². The van der Waals surface area contributed by atoms with E-state index in [1.807, 2.05) is 23.6 Å². The number of hydrogen-bond donors (Lipinski definition) is 2. The molecule has 4 heteroatoms. The Hall–Kier alpha value is -1.03. The highest BCUT2D eigenvalue weighted by Crippen LogP contribution is 2.28. The largest absolute Gasteiger partial charge is 0.376 e. The Bertz CT molecular complexity index is 496. The summed E-state index contributed by atoms with van der Waals surface area (Å²) in [5, 5.41) is 6.16. The zero-order valence-electron chi connectivity index (χ0n) is 9.61. The fourth-order valence-corrected chi connectivity index (χ4v) is 2.83. The van der Waals surface area contributed by atoms with Crippen molar-refractivity contribution in [1.82, 2.24) is 0 Å². The summed E-state index contributed by atoms with van der Waals surface area (Å²) >= 11 is 7.57. The zero-order chi connectivity index (χ0) is 12.3. The number of thiophene rings is 1. The molecular formula is C13H15ClN2S. The zero-order valence-corrected chi connectivity index (χ0v) is 11.2. The lowest BCUT2D eigenvalue weighted by molar-refractivity contribution is 0.805. The van der Waals surface area contributed by atoms with Crippen LogP contribution >= 0.6 is 22.9 Å². The first-order valence-corrected chi connectivity index (χ1v) is 6.72. The summed E-state index contributed by atoms with van der Waals surface area (Å²) in [6.45, 7) is 2.63. The lowest BCUT2D eigenvalue weighted by atomic mass is 10.1. The standard InChI is InChI=1S/C13H15ClN2S/c1-9-4-2-3-5-11(9)16-12(7-15)13-6-10(14)8-17-13/h2-6,8,12,16H,7,15H2,1H3. The van der Waals surface area contributed by atoms with Crippen LogP contribution < -0.4 is 11.1 Å². The third-order valence-corrected chi connectivity index (χ3v) is 4.04. The van der Waals surface area contributed by atoms with Gasteiger partial charge in [0.15, 0.2) is 0 Å². The molecule has 0 bridgehead atoms. The van der Waals surface area contributed by atoms with E-state index in [4.69, 9.17) is 17.3 Å². The Morgan fingerprint density at radius 1 is 1.41 bits per heavy atom. The summed E-state index contributed by atoms with van der Waals surface area (Å²) in [6, 6.07) is 10.3. The molecule has 3 N–H and O–H groups in total. The molecule has 2 aromatic rings. The second-order valence-corrected chi connectivity index (χ2v) is 5.29. The van der Waals surface area contributed by atoms with E-state index in [0.717, 1.165) is 10.7 Å². The van der Waals surface area contributed by atoms with E-state index >= 15 is 0 Å². The van der Waals surface area contributed by atoms with Gasteiger partial charge in [0.05, 0.1) is 11.1 Å². The van der Waals surface area contributed by atoms with E-state index in [1.54, 1.807) is 11.3 Å². The lowest BCUT2D eigenvalue weighted by Gasteiger charge is -2.18. The Kier molecular flexibility index (Phi) is 4.05. The summed E-state index contributed by atoms with van der Waals surface area (Å²) < 4.78 is 0. The van der Waals surface area contributed by atoms with Gasteiger partial charge in [-0.05, 0) is 24.6 Å². The minimum atomic E-state index is 0.119. The van der Waals surface area contributed by atoms with Crippen LogP contribution in [0.5, 0.6) is 0 Å². The van der Waals surface area contributed by atoms with Crippen LogP contribution in [0.2, 0.25) is 5.02 Å². The van der Waals surface area contributed by atoms with Gasteiger partial charge in [0.1, 0.15) is 0 Å². The Morgan fingerprint density at radius 3 is 2.76 bits per heavy atom. The first-order valence-electron chi connectivity index (χ1n) is 5.47. The SMILES string of the molecule is Cc1ccccc1NC(CN)c1cc(Cl)cs1. The van der Waals surface area contributed by atoms with Crippen LogP contribution in [0.15, 0.2) is 35.7 Å². The molecule has 0 saturated heterocycles. The lowest BCUT2D eigenvalue weighted by Crippen LogP contribution is -2.19. The van der Waals surface area contributed by atoms with Crippen LogP contribution in [0, 0.1) is 6.92 Å². The molecule has 0 saturated carbocycles. The second-order valence-electron chi connectivity index (χ2n) is 3.91. The molecule has 17 heavy (non-hydrogen) atoms. The van der Waals surface area contributed by atoms with E-state index in [2.05, 4.69) is 24.4 Å². The van der Waals surface area contributed by atoms with Crippen molar-refractivity contribution < 1.29 is 0 Å². The highest BCUT2D eigenvalue weighted by atomic mass is 35.5. The van der Waals surface area contributed by atoms with Gasteiger partial charge in [0.2, 0.25) is 0 Å². The van der Waals surface area contributed by atoms with Crippen molar-refractivity contribution in [3.63, 3.8) is 0 Å². The Balaban J connectivity index is 2.18. The van der Waals surface area contributed by atoms with Crippen LogP contribution in [-0.2, 0) is 0 Å². The maximum absolute atomic E-state index is 5.94. The Morgan fingerprint density at radius 2 is 2.18 bits per heavy atom. The molecule has 0 fully saturated rings. The van der Waals surface area contributed by atoms with E-state index < -0.39 is 0 Å². The number of halogens is 1. The molecule has 0 radical (unpaired) electrons. The van der Waals surface area contributed by atoms with Gasteiger partial charge in [0, 0.05) is 22.5 Å². The second kappa shape index (κ2) is 5.54. The third kappa shape index (κ3) is 3.00. The first kappa shape index (κ1) is 12.4. The molecular weight excluding hydrogens is 252 g/mol. The number of aryl methyl sites for hydroxylation is 1. The van der Waals surface area contributed by atoms with Crippen molar-refractivity contribution in [2.24, 2.45) is 5.73 Å². The summed E-state index contributed by atoms with van der Waals surface area (Å²) in [6.07, 6.45) is 0. The smallest absolute Gasteiger partial charge is 0.0729 e. The molecule has 2 nitrogen and oxygen atoms in total. The van der Waals surface area contributed by atoms with Crippen molar-refractivity contribution in [1.29, 1.82) is 0 Å². The summed E-state index contributed by atoms with van der Waals surface area (Å²) in [5.74, 6) is 0.